The van der Waals surface area contributed by atoms with Gasteiger partial charge in [0.2, 0.25) is 17.7 Å². The summed E-state index contributed by atoms with van der Waals surface area (Å²) in [7, 11) is 1.50. The average Bonchev–Trinajstić information content (AvgIpc) is 3.71. The first-order chi connectivity index (χ1) is 23.6. The molecule has 9 atom stereocenters. The summed E-state index contributed by atoms with van der Waals surface area (Å²) in [5, 5.41) is 13.3. The summed E-state index contributed by atoms with van der Waals surface area (Å²) in [6.07, 6.45) is 7.57. The van der Waals surface area contributed by atoms with Crippen LogP contribution in [0.3, 0.4) is 0 Å². The number of hydrogen-bond donors (Lipinski definition) is 2. The van der Waals surface area contributed by atoms with Crippen LogP contribution in [0.4, 0.5) is 0 Å². The molecule has 2 N–H and O–H groups in total. The van der Waals surface area contributed by atoms with E-state index in [1.807, 2.05) is 35.2 Å². The number of fused-ring (bicyclic) bond motifs is 1. The largest absolute Gasteiger partial charge is 0.455 e. The van der Waals surface area contributed by atoms with Crippen LogP contribution in [0.2, 0.25) is 0 Å². The molecule has 2 bridgehead atoms. The third-order valence-electron chi connectivity index (χ3n) is 10.6. The highest BCUT2D eigenvalue weighted by Gasteiger charge is 2.77. The standard InChI is InChI=1S/C37H50BrN3O8/c1-5-7-18-28(43)39-27(22-47-4)31(24-14-10-8-11-15-24)48-36(46)29-30-34(44)41(23(3)21-42)33(37(30)20-26(38)32(29)49-37)35(45)40(19-6-2)25-16-12-9-13-17-25/h5-6,8,10-11,14-15,23,25-27,29-33,42H,1-2,7,9,12-13,16-22H2,3-4H3,(H,39,43)/t23-,26?,27+,29-,30+,31+,32-,33-,37+/m1/s1. The lowest BCUT2D eigenvalue weighted by atomic mass is 9.70. The fourth-order valence-corrected chi connectivity index (χ4v) is 9.35. The Hall–Kier alpha value is -3.06. The molecule has 4 fully saturated rings. The monoisotopic (exact) mass is 743 g/mol. The summed E-state index contributed by atoms with van der Waals surface area (Å²) >= 11 is 3.73. The second-order valence-corrected chi connectivity index (χ2v) is 14.9. The van der Waals surface area contributed by atoms with E-state index in [-0.39, 0.29) is 42.3 Å². The Morgan fingerprint density at radius 3 is 2.53 bits per heavy atom. The molecule has 3 heterocycles. The lowest BCUT2D eigenvalue weighted by Crippen LogP contribution is -2.60. The summed E-state index contributed by atoms with van der Waals surface area (Å²) in [6, 6.07) is 6.63. The number of nitrogens with zero attached hydrogens (tertiary/aromatic N) is 2. The zero-order valence-electron chi connectivity index (χ0n) is 28.5. The minimum Gasteiger partial charge on any atom is -0.455 e. The van der Waals surface area contributed by atoms with Crippen LogP contribution in [0.15, 0.2) is 55.6 Å². The highest BCUT2D eigenvalue weighted by Crippen LogP contribution is 2.61. The number of carbonyl (C=O) groups is 4. The molecule has 3 saturated heterocycles. The number of aliphatic hydroxyl groups is 1. The van der Waals surface area contributed by atoms with Crippen LogP contribution in [0.5, 0.6) is 0 Å². The third kappa shape index (κ3) is 7.25. The Balaban J connectivity index is 1.50. The van der Waals surface area contributed by atoms with Crippen LogP contribution >= 0.6 is 15.9 Å². The Bertz CT molecular complexity index is 1370. The number of alkyl halides is 1. The van der Waals surface area contributed by atoms with Crippen LogP contribution in [0.25, 0.3) is 0 Å². The van der Waals surface area contributed by atoms with Gasteiger partial charge in [0.1, 0.15) is 17.7 Å². The quantitative estimate of drug-likeness (QED) is 0.148. The lowest BCUT2D eigenvalue weighted by molar-refractivity contribution is -0.163. The number of benzene rings is 1. The Morgan fingerprint density at radius 1 is 1.18 bits per heavy atom. The van der Waals surface area contributed by atoms with E-state index < -0.39 is 59.6 Å². The van der Waals surface area contributed by atoms with Crippen LogP contribution in [0.1, 0.15) is 70.0 Å². The van der Waals surface area contributed by atoms with Gasteiger partial charge >= 0.3 is 5.97 Å². The number of hydrogen-bond acceptors (Lipinski definition) is 8. The van der Waals surface area contributed by atoms with E-state index in [2.05, 4.69) is 34.4 Å². The minimum absolute atomic E-state index is 0.00116. The smallest absolute Gasteiger partial charge is 0.313 e. The number of esters is 1. The van der Waals surface area contributed by atoms with Crippen molar-refractivity contribution in [2.45, 2.75) is 105 Å². The van der Waals surface area contributed by atoms with E-state index in [9.17, 15) is 24.3 Å². The SMILES string of the molecule is C=CCCC(=O)N[C@@H](COC)[C@@H](OC(=O)[C@H]1[C@@H]2O[C@@]3(CC2Br)[C@@H]1C(=O)N([C@H](C)CO)[C@@H]3C(=O)N(CC=C)C1CCCCC1)c1ccccc1. The van der Waals surface area contributed by atoms with E-state index in [1.54, 1.807) is 19.1 Å². The summed E-state index contributed by atoms with van der Waals surface area (Å²) in [6.45, 7) is 9.32. The highest BCUT2D eigenvalue weighted by atomic mass is 79.9. The van der Waals surface area contributed by atoms with Gasteiger partial charge in [-0.1, -0.05) is 77.7 Å². The number of ether oxygens (including phenoxy) is 3. The van der Waals surface area contributed by atoms with Gasteiger partial charge in [-0.2, -0.15) is 0 Å². The molecule has 1 aliphatic carbocycles. The summed E-state index contributed by atoms with van der Waals surface area (Å²) < 4.78 is 18.5. The Morgan fingerprint density at radius 2 is 1.90 bits per heavy atom. The van der Waals surface area contributed by atoms with E-state index in [4.69, 9.17) is 14.2 Å². The predicted octanol–water partition coefficient (Wildman–Crippen LogP) is 3.84. The topological polar surface area (TPSA) is 135 Å². The summed E-state index contributed by atoms with van der Waals surface area (Å²) in [5.41, 5.74) is -0.661. The van der Waals surface area contributed by atoms with Gasteiger partial charge in [-0.25, -0.2) is 0 Å². The molecule has 12 heteroatoms. The molecule has 4 aliphatic rings. The number of nitrogens with one attached hydrogen (secondary N) is 1. The Labute approximate surface area is 297 Å². The molecule has 0 aromatic heterocycles. The molecule has 1 spiro atoms. The van der Waals surface area contributed by atoms with Crippen molar-refractivity contribution in [2.24, 2.45) is 11.8 Å². The normalized spacial score (nSPS) is 29.5. The lowest BCUT2D eigenvalue weighted by Gasteiger charge is -2.42. The van der Waals surface area contributed by atoms with Gasteiger partial charge in [-0.15, -0.1) is 13.2 Å². The summed E-state index contributed by atoms with van der Waals surface area (Å²) in [4.78, 5) is 59.6. The molecule has 1 saturated carbocycles. The van der Waals surface area contributed by atoms with Crippen molar-refractivity contribution in [1.82, 2.24) is 15.1 Å². The summed E-state index contributed by atoms with van der Waals surface area (Å²) in [5.74, 6) is -3.60. The zero-order valence-corrected chi connectivity index (χ0v) is 30.1. The van der Waals surface area contributed by atoms with Gasteiger partial charge in [-0.3, -0.25) is 19.2 Å². The Kier molecular flexibility index (Phi) is 12.4. The molecule has 5 rings (SSSR count). The van der Waals surface area contributed by atoms with Crippen molar-refractivity contribution in [2.75, 3.05) is 26.9 Å². The van der Waals surface area contributed by atoms with E-state index >= 15 is 0 Å². The van der Waals surface area contributed by atoms with Crippen molar-refractivity contribution in [3.63, 3.8) is 0 Å². The molecule has 11 nitrogen and oxygen atoms in total. The fourth-order valence-electron chi connectivity index (χ4n) is 8.41. The number of allylic oxidation sites excluding steroid dienone is 1. The van der Waals surface area contributed by atoms with E-state index in [0.717, 1.165) is 32.1 Å². The molecule has 268 valence electrons. The number of halogens is 1. The van der Waals surface area contributed by atoms with Crippen LogP contribution < -0.4 is 5.32 Å². The molecule has 1 aromatic carbocycles. The first kappa shape index (κ1) is 37.2. The van der Waals surface area contributed by atoms with Crippen LogP contribution in [0, 0.1) is 11.8 Å². The number of likely N-dealkylation sites (tertiary alicyclic amines) is 1. The second kappa shape index (κ2) is 16.3. The maximum Gasteiger partial charge on any atom is 0.313 e. The molecule has 0 radical (unpaired) electrons. The van der Waals surface area contributed by atoms with Gasteiger partial charge in [0.25, 0.3) is 0 Å². The average molecular weight is 745 g/mol. The number of amides is 3. The number of rotatable bonds is 16. The van der Waals surface area contributed by atoms with Crippen molar-refractivity contribution >= 4 is 39.6 Å². The molecule has 1 unspecified atom stereocenters. The van der Waals surface area contributed by atoms with Crippen molar-refractivity contribution < 1.29 is 38.5 Å². The predicted molar refractivity (Wildman–Crippen MR) is 186 cm³/mol. The van der Waals surface area contributed by atoms with E-state index in [0.29, 0.717) is 24.9 Å². The molecular weight excluding hydrogens is 694 g/mol. The van der Waals surface area contributed by atoms with Gasteiger partial charge in [0.05, 0.1) is 43.2 Å². The number of carbonyl (C=O) groups excluding carboxylic acids is 4. The molecule has 49 heavy (non-hydrogen) atoms. The van der Waals surface area contributed by atoms with Gasteiger partial charge in [0, 0.05) is 30.9 Å². The van der Waals surface area contributed by atoms with Gasteiger partial charge in [0.15, 0.2) is 0 Å². The maximum atomic E-state index is 14.8. The molecule has 1 aromatic rings. The molecule has 3 amide bonds. The minimum atomic E-state index is -1.30. The fraction of sp³-hybridized carbons (Fsp3) is 0.622. The van der Waals surface area contributed by atoms with Crippen LogP contribution in [-0.2, 0) is 33.4 Å². The number of methoxy groups -OCH3 is 1. The molecule has 3 aliphatic heterocycles. The highest BCUT2D eigenvalue weighted by molar-refractivity contribution is 9.09. The van der Waals surface area contributed by atoms with Gasteiger partial charge < -0.3 is 34.4 Å². The van der Waals surface area contributed by atoms with Gasteiger partial charge in [-0.05, 0) is 38.2 Å². The van der Waals surface area contributed by atoms with Crippen molar-refractivity contribution in [3.8, 4) is 0 Å². The zero-order chi connectivity index (χ0) is 35.3. The second-order valence-electron chi connectivity index (χ2n) is 13.7. The van der Waals surface area contributed by atoms with E-state index in [1.165, 1.54) is 12.0 Å². The third-order valence-corrected chi connectivity index (χ3v) is 11.4. The van der Waals surface area contributed by atoms with Crippen LogP contribution in [-0.4, -0.2) is 106 Å². The number of aliphatic hydroxyl groups excluding tert-OH is 1. The van der Waals surface area contributed by atoms with Crippen molar-refractivity contribution in [1.29, 1.82) is 0 Å². The van der Waals surface area contributed by atoms with Crippen molar-refractivity contribution in [3.05, 3.63) is 61.2 Å². The first-order valence-electron chi connectivity index (χ1n) is 17.4. The molecular formula is C37H50BrN3O8. The maximum absolute atomic E-state index is 14.8. The first-order valence-corrected chi connectivity index (χ1v) is 18.4.